The molecule has 0 saturated carbocycles. The van der Waals surface area contributed by atoms with Crippen molar-refractivity contribution in [2.75, 3.05) is 20.2 Å². The van der Waals surface area contributed by atoms with Crippen molar-refractivity contribution in [1.29, 1.82) is 0 Å². The van der Waals surface area contributed by atoms with Gasteiger partial charge in [0, 0.05) is 41.6 Å². The van der Waals surface area contributed by atoms with Crippen LogP contribution in [0.4, 0.5) is 0 Å². The third-order valence-corrected chi connectivity index (χ3v) is 5.76. The Balaban J connectivity index is 1.65. The van der Waals surface area contributed by atoms with Crippen molar-refractivity contribution in [3.8, 4) is 0 Å². The van der Waals surface area contributed by atoms with Crippen molar-refractivity contribution < 1.29 is 9.90 Å². The lowest BCUT2D eigenvalue weighted by atomic mass is 9.72. The van der Waals surface area contributed by atoms with E-state index < -0.39 is 0 Å². The number of hydrogen-bond acceptors (Lipinski definition) is 3. The maximum atomic E-state index is 12.6. The van der Waals surface area contributed by atoms with Crippen LogP contribution < -0.4 is 5.32 Å². The zero-order valence-corrected chi connectivity index (χ0v) is 14.2. The van der Waals surface area contributed by atoms with Crippen molar-refractivity contribution in [3.05, 3.63) is 35.5 Å². The molecule has 1 aromatic carbocycles. The maximum Gasteiger partial charge on any atom is 0.224 e. The molecule has 3 N–H and O–H groups in total. The van der Waals surface area contributed by atoms with Gasteiger partial charge in [-0.3, -0.25) is 4.79 Å². The maximum absolute atomic E-state index is 12.6. The van der Waals surface area contributed by atoms with Gasteiger partial charge in [0.25, 0.3) is 0 Å². The topological polar surface area (TPSA) is 68.4 Å². The number of piperidine rings is 1. The van der Waals surface area contributed by atoms with E-state index in [1.165, 1.54) is 22.0 Å². The number of carbonyl (C=O) groups excluding carboxylic acids is 1. The molecule has 0 spiro atoms. The lowest BCUT2D eigenvalue weighted by Gasteiger charge is -2.45. The molecule has 1 aromatic heterocycles. The van der Waals surface area contributed by atoms with Gasteiger partial charge >= 0.3 is 0 Å². The first kappa shape index (κ1) is 15.7. The molecule has 4 atom stereocenters. The Morgan fingerprint density at radius 3 is 3.12 bits per heavy atom. The first-order valence-corrected chi connectivity index (χ1v) is 8.78. The molecule has 2 aliphatic rings. The largest absolute Gasteiger partial charge is 0.394 e. The van der Waals surface area contributed by atoms with Crippen LogP contribution in [-0.2, 0) is 11.2 Å². The van der Waals surface area contributed by atoms with E-state index in [0.29, 0.717) is 12.0 Å². The number of hydrogen-bond donors (Lipinski definition) is 3. The van der Waals surface area contributed by atoms with Crippen LogP contribution in [0.1, 0.15) is 30.4 Å². The summed E-state index contributed by atoms with van der Waals surface area (Å²) >= 11 is 0. The number of H-pyrrole nitrogens is 1. The first-order chi connectivity index (χ1) is 11.6. The van der Waals surface area contributed by atoms with Crippen LogP contribution in [0.25, 0.3) is 10.9 Å². The standard InChI is InChI=1S/C19H25N3O2/c1-11(10-23)21-19(24)13-6-15-14-4-3-5-16-18(14)12(8-20-16)7-17(15)22(2)9-13/h3-5,8,11,13,15,17,20,23H,6-7,9-10H2,1-2H3,(H,21,24)/t11-,13-,15-,17+/m1/s1. The van der Waals surface area contributed by atoms with E-state index >= 15 is 0 Å². The van der Waals surface area contributed by atoms with E-state index in [0.717, 1.165) is 19.4 Å². The molecule has 0 unspecified atom stereocenters. The molecule has 2 aromatic rings. The monoisotopic (exact) mass is 327 g/mol. The first-order valence-electron chi connectivity index (χ1n) is 8.78. The summed E-state index contributed by atoms with van der Waals surface area (Å²) in [6, 6.07) is 6.73. The molecule has 5 heteroatoms. The van der Waals surface area contributed by atoms with Crippen LogP contribution in [0, 0.1) is 5.92 Å². The molecule has 1 fully saturated rings. The van der Waals surface area contributed by atoms with Gasteiger partial charge in [-0.1, -0.05) is 12.1 Å². The number of amides is 1. The molecule has 1 amide bonds. The number of likely N-dealkylation sites (N-methyl/N-ethyl adjacent to an activating group) is 1. The predicted molar refractivity (Wildman–Crippen MR) is 94.0 cm³/mol. The molecule has 1 aliphatic carbocycles. The summed E-state index contributed by atoms with van der Waals surface area (Å²) in [6.45, 7) is 2.59. The number of benzene rings is 1. The molecule has 0 bridgehead atoms. The van der Waals surface area contributed by atoms with Crippen LogP contribution in [0.15, 0.2) is 24.4 Å². The van der Waals surface area contributed by atoms with Gasteiger partial charge in [-0.2, -0.15) is 0 Å². The SMILES string of the molecule is C[C@H](CO)NC(=O)[C@@H]1C[C@@H]2c3cccc4[nH]cc(c34)C[C@@H]2N(C)C1. The van der Waals surface area contributed by atoms with Crippen LogP contribution in [0.5, 0.6) is 0 Å². The van der Waals surface area contributed by atoms with E-state index in [2.05, 4.69) is 46.6 Å². The molecule has 5 nitrogen and oxygen atoms in total. The number of aromatic amines is 1. The Morgan fingerprint density at radius 1 is 1.50 bits per heavy atom. The van der Waals surface area contributed by atoms with Crippen molar-refractivity contribution in [2.45, 2.75) is 37.8 Å². The minimum absolute atomic E-state index is 0.0215. The highest BCUT2D eigenvalue weighted by atomic mass is 16.3. The Labute approximate surface area is 142 Å². The quantitative estimate of drug-likeness (QED) is 0.802. The van der Waals surface area contributed by atoms with Crippen LogP contribution in [-0.4, -0.2) is 53.2 Å². The smallest absolute Gasteiger partial charge is 0.224 e. The summed E-state index contributed by atoms with van der Waals surface area (Å²) < 4.78 is 0. The predicted octanol–water partition coefficient (Wildman–Crippen LogP) is 1.62. The molecule has 2 heterocycles. The van der Waals surface area contributed by atoms with Crippen LogP contribution in [0.2, 0.25) is 0 Å². The van der Waals surface area contributed by atoms with Gasteiger partial charge in [-0.15, -0.1) is 0 Å². The van der Waals surface area contributed by atoms with Gasteiger partial charge in [0.1, 0.15) is 0 Å². The van der Waals surface area contributed by atoms with E-state index in [1.54, 1.807) is 0 Å². The Kier molecular flexibility index (Phi) is 3.85. The molecular formula is C19H25N3O2. The summed E-state index contributed by atoms with van der Waals surface area (Å²) in [4.78, 5) is 18.3. The Morgan fingerprint density at radius 2 is 2.33 bits per heavy atom. The van der Waals surface area contributed by atoms with E-state index in [-0.39, 0.29) is 24.5 Å². The van der Waals surface area contributed by atoms with Crippen LogP contribution in [0.3, 0.4) is 0 Å². The fourth-order valence-corrected chi connectivity index (χ4v) is 4.54. The average molecular weight is 327 g/mol. The summed E-state index contributed by atoms with van der Waals surface area (Å²) in [5.74, 6) is 0.422. The lowest BCUT2D eigenvalue weighted by molar-refractivity contribution is -0.128. The summed E-state index contributed by atoms with van der Waals surface area (Å²) in [5.41, 5.74) is 3.97. The third kappa shape index (κ3) is 2.43. The molecule has 24 heavy (non-hydrogen) atoms. The number of nitrogens with zero attached hydrogens (tertiary/aromatic N) is 1. The minimum Gasteiger partial charge on any atom is -0.394 e. The highest BCUT2D eigenvalue weighted by Gasteiger charge is 2.41. The van der Waals surface area contributed by atoms with E-state index in [1.807, 2.05) is 6.92 Å². The summed E-state index contributed by atoms with van der Waals surface area (Å²) in [7, 11) is 2.13. The molecule has 1 aliphatic heterocycles. The highest BCUT2D eigenvalue weighted by Crippen LogP contribution is 2.44. The van der Waals surface area contributed by atoms with E-state index in [4.69, 9.17) is 0 Å². The number of likely N-dealkylation sites (tertiary alicyclic amines) is 1. The summed E-state index contributed by atoms with van der Waals surface area (Å²) in [6.07, 6.45) is 4.06. The van der Waals surface area contributed by atoms with Gasteiger partial charge in [-0.25, -0.2) is 0 Å². The second kappa shape index (κ2) is 5.90. The average Bonchev–Trinajstić information content (AvgIpc) is 3.00. The minimum atomic E-state index is -0.188. The Bertz CT molecular complexity index is 769. The van der Waals surface area contributed by atoms with E-state index in [9.17, 15) is 9.90 Å². The van der Waals surface area contributed by atoms with Crippen molar-refractivity contribution >= 4 is 16.8 Å². The number of fused-ring (bicyclic) bond motifs is 2. The molecule has 128 valence electrons. The fourth-order valence-electron chi connectivity index (χ4n) is 4.54. The zero-order valence-electron chi connectivity index (χ0n) is 14.2. The van der Waals surface area contributed by atoms with Gasteiger partial charge in [0.15, 0.2) is 0 Å². The number of carbonyl (C=O) groups is 1. The number of aliphatic hydroxyl groups is 1. The molecule has 0 radical (unpaired) electrons. The highest BCUT2D eigenvalue weighted by molar-refractivity contribution is 5.88. The van der Waals surface area contributed by atoms with Gasteiger partial charge in [0.05, 0.1) is 12.5 Å². The Hall–Kier alpha value is -1.85. The van der Waals surface area contributed by atoms with Crippen molar-refractivity contribution in [1.82, 2.24) is 15.2 Å². The van der Waals surface area contributed by atoms with Gasteiger partial charge < -0.3 is 20.3 Å². The number of aliphatic hydroxyl groups excluding tert-OH is 1. The normalized spacial score (nSPS) is 27.7. The van der Waals surface area contributed by atoms with Crippen LogP contribution >= 0.6 is 0 Å². The lowest BCUT2D eigenvalue weighted by Crippen LogP contribution is -2.52. The van der Waals surface area contributed by atoms with Crippen molar-refractivity contribution in [2.24, 2.45) is 5.92 Å². The summed E-state index contributed by atoms with van der Waals surface area (Å²) in [5, 5.41) is 13.5. The second-order valence-electron chi connectivity index (χ2n) is 7.43. The third-order valence-electron chi connectivity index (χ3n) is 5.76. The molecule has 1 saturated heterocycles. The fraction of sp³-hybridized carbons (Fsp3) is 0.526. The zero-order chi connectivity index (χ0) is 16.8. The van der Waals surface area contributed by atoms with Gasteiger partial charge in [0.2, 0.25) is 5.91 Å². The van der Waals surface area contributed by atoms with Crippen molar-refractivity contribution in [3.63, 3.8) is 0 Å². The second-order valence-corrected chi connectivity index (χ2v) is 7.43. The number of nitrogens with one attached hydrogen (secondary N) is 2. The number of aromatic nitrogens is 1. The number of rotatable bonds is 3. The van der Waals surface area contributed by atoms with Gasteiger partial charge in [-0.05, 0) is 44.0 Å². The molecular weight excluding hydrogens is 302 g/mol. The molecule has 4 rings (SSSR count).